The van der Waals surface area contributed by atoms with Crippen LogP contribution in [0.2, 0.25) is 5.02 Å². The first-order valence-corrected chi connectivity index (χ1v) is 15.8. The van der Waals surface area contributed by atoms with Crippen LogP contribution in [0.15, 0.2) is 55.5 Å². The summed E-state index contributed by atoms with van der Waals surface area (Å²) < 4.78 is 19.1. The number of rotatable bonds is 6. The fraction of sp³-hybridized carbons (Fsp3) is 0.343. The molecule has 0 N–H and O–H groups in total. The maximum Gasteiger partial charge on any atom is 0.246 e. The van der Waals surface area contributed by atoms with Crippen LogP contribution in [0.4, 0.5) is 10.2 Å². The van der Waals surface area contributed by atoms with Gasteiger partial charge in [0.15, 0.2) is 11.6 Å². The summed E-state index contributed by atoms with van der Waals surface area (Å²) in [5.74, 6) is -0.0576. The number of halogens is 2. The first kappa shape index (κ1) is 30.1. The molecule has 7 rings (SSSR count). The lowest BCUT2D eigenvalue weighted by Crippen LogP contribution is -2.57. The molecular weight excluding hydrogens is 603 g/mol. The Balaban J connectivity index is 1.43. The molecule has 0 radical (unpaired) electrons. The lowest BCUT2D eigenvalue weighted by Gasteiger charge is -2.43. The van der Waals surface area contributed by atoms with E-state index in [9.17, 15) is 10.1 Å². The molecule has 5 aromatic rings. The van der Waals surface area contributed by atoms with Crippen molar-refractivity contribution in [3.05, 3.63) is 72.0 Å². The van der Waals surface area contributed by atoms with Gasteiger partial charge in [0.25, 0.3) is 0 Å². The first-order valence-electron chi connectivity index (χ1n) is 15.5. The van der Waals surface area contributed by atoms with E-state index in [2.05, 4.69) is 46.1 Å². The zero-order valence-electron chi connectivity index (χ0n) is 26.0. The molecule has 2 aromatic carbocycles. The topological polar surface area (TPSA) is 94.2 Å². The number of likely N-dealkylation sites (tertiary alicyclic amines) is 1. The van der Waals surface area contributed by atoms with E-state index in [1.54, 1.807) is 23.5 Å². The molecule has 5 heterocycles. The molecule has 0 saturated carbocycles. The van der Waals surface area contributed by atoms with E-state index in [0.29, 0.717) is 47.7 Å². The minimum Gasteiger partial charge on any atom is -0.351 e. The second-order valence-electron chi connectivity index (χ2n) is 12.5. The Labute approximate surface area is 271 Å². The molecule has 0 aliphatic carbocycles. The fourth-order valence-corrected chi connectivity index (χ4v) is 7.36. The Kier molecular flexibility index (Phi) is 7.62. The van der Waals surface area contributed by atoms with E-state index in [1.807, 2.05) is 31.2 Å². The van der Waals surface area contributed by atoms with E-state index in [0.717, 1.165) is 35.1 Å². The predicted octanol–water partition coefficient (Wildman–Crippen LogP) is 6.28. The molecular formula is C35H34ClFN8O. The van der Waals surface area contributed by atoms with E-state index < -0.39 is 5.82 Å². The first-order chi connectivity index (χ1) is 22.2. The van der Waals surface area contributed by atoms with Gasteiger partial charge in [-0.3, -0.25) is 9.78 Å². The molecule has 2 aliphatic heterocycles. The van der Waals surface area contributed by atoms with Crippen LogP contribution >= 0.6 is 11.6 Å². The highest BCUT2D eigenvalue weighted by Gasteiger charge is 2.35. The number of hydrogen-bond donors (Lipinski definition) is 0. The van der Waals surface area contributed by atoms with Gasteiger partial charge in [-0.05, 0) is 51.4 Å². The van der Waals surface area contributed by atoms with Crippen molar-refractivity contribution in [2.24, 2.45) is 0 Å². The average Bonchev–Trinajstić information content (AvgIpc) is 3.47. The number of carbonyl (C=O) groups excluding carboxylic acids is 1. The number of amides is 1. The molecule has 46 heavy (non-hydrogen) atoms. The normalized spacial score (nSPS) is 18.8. The number of anilines is 1. The zero-order chi connectivity index (χ0) is 32.3. The number of nitriles is 1. The molecule has 0 bridgehead atoms. The minimum atomic E-state index is -0.507. The number of aryl methyl sites for hydroxylation is 1. The van der Waals surface area contributed by atoms with Gasteiger partial charge in [0, 0.05) is 71.5 Å². The number of hydrogen-bond acceptors (Lipinski definition) is 7. The summed E-state index contributed by atoms with van der Waals surface area (Å²) in [5, 5.41) is 12.2. The SMILES string of the molecule is C=CC(=O)N1CC[C@H](n2cnc3c(N4CC(N(C)C)C4)nc4c(F)c(-c5cnc(C)c6ccccc56)c(Cl)cc4c32)C[C@H]1CC#N. The van der Waals surface area contributed by atoms with Gasteiger partial charge in [-0.2, -0.15) is 5.26 Å². The lowest BCUT2D eigenvalue weighted by molar-refractivity contribution is -0.130. The second-order valence-corrected chi connectivity index (χ2v) is 12.9. The number of piperidine rings is 1. The average molecular weight is 637 g/mol. The van der Waals surface area contributed by atoms with Crippen LogP contribution in [0.3, 0.4) is 0 Å². The van der Waals surface area contributed by atoms with Gasteiger partial charge in [0.2, 0.25) is 5.91 Å². The van der Waals surface area contributed by atoms with Gasteiger partial charge < -0.3 is 19.3 Å². The number of carbonyl (C=O) groups is 1. The molecule has 0 spiro atoms. The minimum absolute atomic E-state index is 0.0756. The molecule has 234 valence electrons. The van der Waals surface area contributed by atoms with Gasteiger partial charge in [-0.1, -0.05) is 42.4 Å². The summed E-state index contributed by atoms with van der Waals surface area (Å²) in [6.07, 6.45) is 6.18. The highest BCUT2D eigenvalue weighted by atomic mass is 35.5. The smallest absolute Gasteiger partial charge is 0.246 e. The van der Waals surface area contributed by atoms with Crippen molar-refractivity contribution in [3.8, 4) is 17.2 Å². The molecule has 9 nitrogen and oxygen atoms in total. The van der Waals surface area contributed by atoms with Crippen LogP contribution < -0.4 is 4.90 Å². The highest BCUT2D eigenvalue weighted by molar-refractivity contribution is 6.35. The van der Waals surface area contributed by atoms with Gasteiger partial charge in [-0.15, -0.1) is 0 Å². The van der Waals surface area contributed by atoms with E-state index in [1.165, 1.54) is 6.08 Å². The van der Waals surface area contributed by atoms with Gasteiger partial charge >= 0.3 is 0 Å². The summed E-state index contributed by atoms with van der Waals surface area (Å²) in [6, 6.07) is 11.8. The van der Waals surface area contributed by atoms with Crippen LogP contribution in [-0.4, -0.2) is 81.0 Å². The highest BCUT2D eigenvalue weighted by Crippen LogP contribution is 2.43. The van der Waals surface area contributed by atoms with E-state index in [4.69, 9.17) is 21.6 Å². The van der Waals surface area contributed by atoms with Crippen LogP contribution in [0.25, 0.3) is 43.8 Å². The van der Waals surface area contributed by atoms with Crippen LogP contribution in [-0.2, 0) is 4.79 Å². The molecule has 2 aliphatic rings. The van der Waals surface area contributed by atoms with Crippen molar-refractivity contribution in [2.75, 3.05) is 38.6 Å². The maximum absolute atomic E-state index is 17.0. The van der Waals surface area contributed by atoms with Crippen molar-refractivity contribution >= 4 is 56.0 Å². The van der Waals surface area contributed by atoms with Crippen LogP contribution in [0, 0.1) is 24.1 Å². The van der Waals surface area contributed by atoms with E-state index in [-0.39, 0.29) is 40.5 Å². The Morgan fingerprint density at radius 2 is 1.96 bits per heavy atom. The van der Waals surface area contributed by atoms with Crippen molar-refractivity contribution < 1.29 is 9.18 Å². The van der Waals surface area contributed by atoms with Gasteiger partial charge in [0.05, 0.1) is 29.4 Å². The Hall–Kier alpha value is -4.59. The number of benzene rings is 2. The quantitative estimate of drug-likeness (QED) is 0.202. The number of imidazole rings is 1. The number of likely N-dealkylation sites (N-methyl/N-ethyl adjacent to an activating group) is 1. The lowest BCUT2D eigenvalue weighted by atomic mass is 9.94. The Morgan fingerprint density at radius 1 is 1.20 bits per heavy atom. The summed E-state index contributed by atoms with van der Waals surface area (Å²) in [7, 11) is 4.10. The predicted molar refractivity (Wildman–Crippen MR) is 179 cm³/mol. The molecule has 2 fully saturated rings. The van der Waals surface area contributed by atoms with Crippen molar-refractivity contribution in [1.82, 2.24) is 29.3 Å². The van der Waals surface area contributed by atoms with Crippen molar-refractivity contribution in [2.45, 2.75) is 44.3 Å². The van der Waals surface area contributed by atoms with Gasteiger partial charge in [-0.25, -0.2) is 14.4 Å². The summed E-state index contributed by atoms with van der Waals surface area (Å²) in [5.41, 5.74) is 3.37. The third-order valence-corrected chi connectivity index (χ3v) is 9.99. The molecule has 11 heteroatoms. The molecule has 1 amide bonds. The molecule has 0 unspecified atom stereocenters. The number of nitrogens with zero attached hydrogens (tertiary/aromatic N) is 8. The largest absolute Gasteiger partial charge is 0.351 e. The van der Waals surface area contributed by atoms with Crippen LogP contribution in [0.1, 0.15) is 31.0 Å². The Morgan fingerprint density at radius 3 is 2.67 bits per heavy atom. The Bertz CT molecular complexity index is 2080. The maximum atomic E-state index is 17.0. The van der Waals surface area contributed by atoms with Crippen LogP contribution in [0.5, 0.6) is 0 Å². The van der Waals surface area contributed by atoms with Crippen molar-refractivity contribution in [3.63, 3.8) is 0 Å². The number of fused-ring (bicyclic) bond motifs is 4. The standard InChI is InChI=1S/C35H34ClFN8O/c1-5-29(46)44-13-11-22(14-21(44)10-12-38)45-19-40-33-34(45)26-15-28(36)30(27-16-39-20(2)24-8-6-7-9-25(24)27)31(37)32(26)41-35(33)43-17-23(18-43)42(3)4/h5-9,15-16,19,21-23H,1,10-11,13-14,17-18H2,2-4H3/t21-,22+/m1/s1. The third kappa shape index (κ3) is 4.77. The summed E-state index contributed by atoms with van der Waals surface area (Å²) in [6.45, 7) is 7.54. The second kappa shape index (κ2) is 11.6. The molecule has 2 saturated heterocycles. The van der Waals surface area contributed by atoms with E-state index >= 15 is 4.39 Å². The third-order valence-electron chi connectivity index (χ3n) is 9.69. The van der Waals surface area contributed by atoms with Crippen molar-refractivity contribution in [1.29, 1.82) is 5.26 Å². The molecule has 2 atom stereocenters. The van der Waals surface area contributed by atoms with Gasteiger partial charge in [0.1, 0.15) is 11.0 Å². The summed E-state index contributed by atoms with van der Waals surface area (Å²) >= 11 is 6.99. The fourth-order valence-electron chi connectivity index (χ4n) is 7.07. The monoisotopic (exact) mass is 636 g/mol. The molecule has 3 aromatic heterocycles. The number of pyridine rings is 2. The number of aromatic nitrogens is 4. The summed E-state index contributed by atoms with van der Waals surface area (Å²) in [4.78, 5) is 33.0. The zero-order valence-corrected chi connectivity index (χ0v) is 26.8.